The maximum absolute atomic E-state index is 12.7. The quantitative estimate of drug-likeness (QED) is 0.860. The second-order valence-electron chi connectivity index (χ2n) is 3.85. The summed E-state index contributed by atoms with van der Waals surface area (Å²) in [6.45, 7) is 2.83. The molecule has 0 saturated heterocycles. The van der Waals surface area contributed by atoms with Gasteiger partial charge in [-0.25, -0.2) is 4.39 Å². The van der Waals surface area contributed by atoms with E-state index >= 15 is 0 Å². The molecule has 0 aliphatic rings. The molecule has 0 spiro atoms. The van der Waals surface area contributed by atoms with Crippen molar-refractivity contribution < 1.29 is 4.39 Å². The number of nitrogens with one attached hydrogen (secondary N) is 2. The van der Waals surface area contributed by atoms with Crippen molar-refractivity contribution in [2.45, 2.75) is 19.5 Å². The molecular weight excluding hydrogens is 239 g/mol. The highest BCUT2D eigenvalue weighted by Gasteiger charge is 2.04. The summed E-state index contributed by atoms with van der Waals surface area (Å²) < 4.78 is 12.7. The summed E-state index contributed by atoms with van der Waals surface area (Å²) in [4.78, 5) is 3.16. The van der Waals surface area contributed by atoms with Crippen LogP contribution in [0, 0.1) is 5.82 Å². The molecule has 0 amide bonds. The number of hydrogen-bond donors (Lipinski definition) is 2. The highest BCUT2D eigenvalue weighted by atomic mass is 35.5. The van der Waals surface area contributed by atoms with Gasteiger partial charge in [-0.2, -0.15) is 0 Å². The van der Waals surface area contributed by atoms with E-state index in [1.165, 1.54) is 12.1 Å². The molecular formula is C13H16ClFN2. The third kappa shape index (κ3) is 3.88. The third-order valence-corrected chi connectivity index (χ3v) is 2.61. The maximum Gasteiger partial charge on any atom is 0.123 e. The van der Waals surface area contributed by atoms with Crippen LogP contribution in [0.2, 0.25) is 0 Å². The second-order valence-corrected chi connectivity index (χ2v) is 3.85. The second kappa shape index (κ2) is 6.42. The van der Waals surface area contributed by atoms with Crippen LogP contribution >= 0.6 is 12.4 Å². The fraction of sp³-hybridized carbons (Fsp3) is 0.231. The molecule has 2 N–H and O–H groups in total. The van der Waals surface area contributed by atoms with Gasteiger partial charge in [0.05, 0.1) is 0 Å². The molecule has 0 aliphatic carbocycles. The Bertz CT molecular complexity index is 425. The van der Waals surface area contributed by atoms with Crippen molar-refractivity contribution in [1.29, 1.82) is 0 Å². The fourth-order valence-electron chi connectivity index (χ4n) is 1.60. The summed E-state index contributed by atoms with van der Waals surface area (Å²) in [7, 11) is 0. The van der Waals surface area contributed by atoms with E-state index < -0.39 is 0 Å². The molecule has 0 radical (unpaired) electrons. The average molecular weight is 255 g/mol. The van der Waals surface area contributed by atoms with Gasteiger partial charge in [-0.15, -0.1) is 12.4 Å². The molecule has 0 bridgehead atoms. The molecule has 1 atom stereocenters. The molecule has 4 heteroatoms. The van der Waals surface area contributed by atoms with Gasteiger partial charge in [0.2, 0.25) is 0 Å². The van der Waals surface area contributed by atoms with Crippen LogP contribution in [-0.2, 0) is 6.54 Å². The van der Waals surface area contributed by atoms with Gasteiger partial charge in [0.1, 0.15) is 5.82 Å². The summed E-state index contributed by atoms with van der Waals surface area (Å²) in [5, 5.41) is 3.37. The first-order chi connectivity index (χ1) is 7.75. The van der Waals surface area contributed by atoms with Gasteiger partial charge >= 0.3 is 0 Å². The number of benzene rings is 1. The van der Waals surface area contributed by atoms with Crippen LogP contribution < -0.4 is 5.32 Å². The molecule has 2 nitrogen and oxygen atoms in total. The number of hydrogen-bond acceptors (Lipinski definition) is 1. The first-order valence-corrected chi connectivity index (χ1v) is 5.37. The molecule has 92 valence electrons. The number of aromatic amines is 1. The van der Waals surface area contributed by atoms with Crippen molar-refractivity contribution in [2.24, 2.45) is 0 Å². The third-order valence-electron chi connectivity index (χ3n) is 2.61. The van der Waals surface area contributed by atoms with Crippen LogP contribution in [0.15, 0.2) is 42.6 Å². The van der Waals surface area contributed by atoms with Crippen LogP contribution in [-0.4, -0.2) is 4.98 Å². The standard InChI is InChI=1S/C13H15FN2.ClH/c1-10(13-3-2-8-15-13)16-9-11-4-6-12(14)7-5-11;/h2-8,10,15-16H,9H2,1H3;1H. The summed E-state index contributed by atoms with van der Waals surface area (Å²) >= 11 is 0. The molecule has 0 aliphatic heterocycles. The van der Waals surface area contributed by atoms with Crippen LogP contribution in [0.3, 0.4) is 0 Å². The Balaban J connectivity index is 0.00000144. The molecule has 0 fully saturated rings. The fourth-order valence-corrected chi connectivity index (χ4v) is 1.60. The van der Waals surface area contributed by atoms with Crippen molar-refractivity contribution >= 4 is 12.4 Å². The summed E-state index contributed by atoms with van der Waals surface area (Å²) in [5.74, 6) is -0.193. The van der Waals surface area contributed by atoms with Gasteiger partial charge in [0.25, 0.3) is 0 Å². The lowest BCUT2D eigenvalue weighted by Crippen LogP contribution is -2.18. The molecule has 2 rings (SSSR count). The normalized spacial score (nSPS) is 11.9. The molecule has 1 aromatic heterocycles. The molecule has 1 unspecified atom stereocenters. The highest BCUT2D eigenvalue weighted by Crippen LogP contribution is 2.10. The van der Waals surface area contributed by atoms with E-state index in [-0.39, 0.29) is 24.3 Å². The van der Waals surface area contributed by atoms with Crippen molar-refractivity contribution in [1.82, 2.24) is 10.3 Å². The van der Waals surface area contributed by atoms with E-state index in [4.69, 9.17) is 0 Å². The zero-order valence-electron chi connectivity index (χ0n) is 9.61. The smallest absolute Gasteiger partial charge is 0.123 e. The van der Waals surface area contributed by atoms with E-state index in [2.05, 4.69) is 17.2 Å². The lowest BCUT2D eigenvalue weighted by Gasteiger charge is -2.12. The molecule has 0 saturated carbocycles. The van der Waals surface area contributed by atoms with Crippen LogP contribution in [0.5, 0.6) is 0 Å². The Hall–Kier alpha value is -1.32. The molecule has 2 aromatic rings. The first-order valence-electron chi connectivity index (χ1n) is 5.37. The minimum atomic E-state index is -0.193. The lowest BCUT2D eigenvalue weighted by atomic mass is 10.2. The van der Waals surface area contributed by atoms with E-state index in [0.29, 0.717) is 0 Å². The molecule has 17 heavy (non-hydrogen) atoms. The minimum absolute atomic E-state index is 0. The Morgan fingerprint density at radius 3 is 2.53 bits per heavy atom. The van der Waals surface area contributed by atoms with Crippen molar-refractivity contribution in [3.8, 4) is 0 Å². The van der Waals surface area contributed by atoms with Gasteiger partial charge in [-0.05, 0) is 36.8 Å². The zero-order valence-corrected chi connectivity index (χ0v) is 10.4. The van der Waals surface area contributed by atoms with Gasteiger partial charge < -0.3 is 10.3 Å². The number of aromatic nitrogens is 1. The van der Waals surface area contributed by atoms with Gasteiger partial charge in [-0.3, -0.25) is 0 Å². The van der Waals surface area contributed by atoms with E-state index in [9.17, 15) is 4.39 Å². The predicted molar refractivity (Wildman–Crippen MR) is 69.7 cm³/mol. The highest BCUT2D eigenvalue weighted by molar-refractivity contribution is 5.85. The number of H-pyrrole nitrogens is 1. The Kier molecular flexibility index (Phi) is 5.19. The van der Waals surface area contributed by atoms with Gasteiger partial charge in [0, 0.05) is 24.5 Å². The van der Waals surface area contributed by atoms with Gasteiger partial charge in [0.15, 0.2) is 0 Å². The van der Waals surface area contributed by atoms with Crippen LogP contribution in [0.4, 0.5) is 4.39 Å². The summed E-state index contributed by atoms with van der Waals surface area (Å²) in [6.07, 6.45) is 1.91. The monoisotopic (exact) mass is 254 g/mol. The van der Waals surface area contributed by atoms with Gasteiger partial charge in [-0.1, -0.05) is 12.1 Å². The Morgan fingerprint density at radius 2 is 1.94 bits per heavy atom. The minimum Gasteiger partial charge on any atom is -0.364 e. The van der Waals surface area contributed by atoms with Crippen LogP contribution in [0.25, 0.3) is 0 Å². The van der Waals surface area contributed by atoms with Crippen molar-refractivity contribution in [3.05, 3.63) is 59.7 Å². The summed E-state index contributed by atoms with van der Waals surface area (Å²) in [5.41, 5.74) is 2.24. The predicted octanol–water partition coefficient (Wildman–Crippen LogP) is 3.43. The van der Waals surface area contributed by atoms with Crippen LogP contribution in [0.1, 0.15) is 24.2 Å². The lowest BCUT2D eigenvalue weighted by molar-refractivity contribution is 0.562. The molecule has 1 aromatic carbocycles. The van der Waals surface area contributed by atoms with E-state index in [0.717, 1.165) is 17.8 Å². The van der Waals surface area contributed by atoms with Crippen molar-refractivity contribution in [3.63, 3.8) is 0 Å². The topological polar surface area (TPSA) is 27.8 Å². The first kappa shape index (κ1) is 13.7. The number of halogens is 2. The zero-order chi connectivity index (χ0) is 11.4. The average Bonchev–Trinajstić information content (AvgIpc) is 2.81. The number of rotatable bonds is 4. The molecule has 1 heterocycles. The summed E-state index contributed by atoms with van der Waals surface area (Å²) in [6, 6.07) is 10.8. The Labute approximate surface area is 107 Å². The van der Waals surface area contributed by atoms with E-state index in [1.807, 2.05) is 18.3 Å². The largest absolute Gasteiger partial charge is 0.364 e. The Morgan fingerprint density at radius 1 is 1.24 bits per heavy atom. The van der Waals surface area contributed by atoms with E-state index in [1.54, 1.807) is 12.1 Å². The SMILES string of the molecule is CC(NCc1ccc(F)cc1)c1ccc[nH]1.Cl. The van der Waals surface area contributed by atoms with Crippen molar-refractivity contribution in [2.75, 3.05) is 0 Å². The maximum atomic E-state index is 12.7.